The van der Waals surface area contributed by atoms with Crippen LogP contribution in [-0.4, -0.2) is 46.7 Å². The third-order valence-corrected chi connectivity index (χ3v) is 20.4. The number of hydrogen-bond acceptors (Lipinski definition) is 0. The summed E-state index contributed by atoms with van der Waals surface area (Å²) >= 11 is 19.1. The van der Waals surface area contributed by atoms with Gasteiger partial charge in [0.15, 0.2) is 13.4 Å². The van der Waals surface area contributed by atoms with Crippen LogP contribution in [0.5, 0.6) is 0 Å². The third kappa shape index (κ3) is 21.5. The molecule has 6 rings (SSSR count). The molecule has 2 aromatic rings. The Morgan fingerprint density at radius 2 is 0.597 bits per heavy atom. The zero-order valence-corrected chi connectivity index (χ0v) is 47.9. The molecule has 0 unspecified atom stereocenters. The van der Waals surface area contributed by atoms with Gasteiger partial charge in [-0.2, -0.15) is 0 Å². The van der Waals surface area contributed by atoms with Gasteiger partial charge in [0.1, 0.15) is 0 Å². The van der Waals surface area contributed by atoms with E-state index >= 15 is 0 Å². The largest absolute Gasteiger partial charge is 1.00 e. The Bertz CT molecular complexity index is 1200. The number of halogens is 6. The van der Waals surface area contributed by atoms with Crippen LogP contribution in [0.25, 0.3) is 0 Å². The molecule has 0 radical (unpaired) electrons. The molecule has 0 atom stereocenters. The fourth-order valence-electron chi connectivity index (χ4n) is 12.1. The van der Waals surface area contributed by atoms with Crippen molar-refractivity contribution in [2.24, 2.45) is 0 Å². The quantitative estimate of drug-likeness (QED) is 0.113. The fraction of sp³-hybridized carbons (Fsp3) is 0.760. The first-order valence-corrected chi connectivity index (χ1v) is 29.1. The molecule has 12 heteroatoms. The van der Waals surface area contributed by atoms with Crippen LogP contribution in [0.15, 0.2) is 48.5 Å². The molecule has 62 heavy (non-hydrogen) atoms. The smallest absolute Gasteiger partial charge is 1.00 e. The normalized spacial score (nSPS) is 17.6. The molecule has 0 saturated heterocycles. The van der Waals surface area contributed by atoms with Crippen LogP contribution in [0.4, 0.5) is 0 Å². The molecule has 364 valence electrons. The van der Waals surface area contributed by atoms with Crippen molar-refractivity contribution in [3.63, 3.8) is 0 Å². The van der Waals surface area contributed by atoms with E-state index in [4.69, 9.17) is 46.4 Å². The molecule has 0 amide bonds. The average molecular weight is 1110 g/mol. The summed E-state index contributed by atoms with van der Waals surface area (Å²) in [7, 11) is -0.138. The van der Waals surface area contributed by atoms with Gasteiger partial charge in [-0.25, -0.2) is 0 Å². The monoisotopic (exact) mass is 1100 g/mol. The van der Waals surface area contributed by atoms with Gasteiger partial charge in [0.2, 0.25) is 0 Å². The SMILES string of the molecule is CC(C)P(c1ccccc1B(C1CCCCC1)C1CCCCC1)C(C)C.CC(C)P(c1ccccc1B(C1CCCCC1)C1CCCCC1)C(C)C.ClCCl.ClCCl.[Cl-].[Cl-].[Cu+].[Cu+]. The second kappa shape index (κ2) is 38.0. The minimum absolute atomic E-state index is 0. The van der Waals surface area contributed by atoms with E-state index < -0.39 is 0 Å². The van der Waals surface area contributed by atoms with Crippen molar-refractivity contribution in [1.82, 2.24) is 0 Å². The molecular formula is C50H84B2Cl6Cu2P2. The van der Waals surface area contributed by atoms with Gasteiger partial charge in [-0.1, -0.05) is 282 Å². The van der Waals surface area contributed by atoms with E-state index in [0.29, 0.717) is 0 Å². The van der Waals surface area contributed by atoms with E-state index in [9.17, 15) is 0 Å². The second-order valence-electron chi connectivity index (χ2n) is 19.2. The maximum Gasteiger partial charge on any atom is 1.00 e. The van der Waals surface area contributed by atoms with Crippen molar-refractivity contribution in [3.8, 4) is 0 Å². The molecule has 0 nitrogen and oxygen atoms in total. The molecule has 0 spiro atoms. The van der Waals surface area contributed by atoms with Crippen LogP contribution in [0.1, 0.15) is 184 Å². The Labute approximate surface area is 441 Å². The van der Waals surface area contributed by atoms with Gasteiger partial charge in [0.25, 0.3) is 0 Å². The molecule has 4 saturated carbocycles. The summed E-state index contributed by atoms with van der Waals surface area (Å²) in [5.74, 6) is 3.79. The minimum Gasteiger partial charge on any atom is -1.00 e. The molecule has 4 aliphatic rings. The second-order valence-corrected chi connectivity index (χ2v) is 27.5. The van der Waals surface area contributed by atoms with Gasteiger partial charge in [0, 0.05) is 0 Å². The molecule has 0 aliphatic heterocycles. The van der Waals surface area contributed by atoms with Gasteiger partial charge in [0.05, 0.1) is 10.7 Å². The van der Waals surface area contributed by atoms with Crippen LogP contribution >= 0.6 is 62.2 Å². The van der Waals surface area contributed by atoms with Gasteiger partial charge in [-0.05, 0) is 33.2 Å². The first-order valence-electron chi connectivity index (χ1n) is 24.0. The molecule has 0 heterocycles. The minimum atomic E-state index is -0.0691. The van der Waals surface area contributed by atoms with E-state index in [1.165, 1.54) is 128 Å². The molecule has 0 bridgehead atoms. The Kier molecular flexibility index (Phi) is 40.7. The summed E-state index contributed by atoms with van der Waals surface area (Å²) in [5, 5.41) is 3.90. The van der Waals surface area contributed by atoms with Crippen LogP contribution < -0.4 is 46.3 Å². The van der Waals surface area contributed by atoms with Gasteiger partial charge >= 0.3 is 34.1 Å². The predicted molar refractivity (Wildman–Crippen MR) is 278 cm³/mol. The van der Waals surface area contributed by atoms with Crippen molar-refractivity contribution >= 4 is 97.2 Å². The number of hydrogen-bond donors (Lipinski definition) is 0. The van der Waals surface area contributed by atoms with Crippen molar-refractivity contribution in [3.05, 3.63) is 48.5 Å². The third-order valence-electron chi connectivity index (χ3n) is 14.0. The fourth-order valence-corrected chi connectivity index (χ4v) is 18.2. The van der Waals surface area contributed by atoms with Crippen molar-refractivity contribution in [2.45, 2.75) is 230 Å². The summed E-state index contributed by atoms with van der Waals surface area (Å²) in [6.45, 7) is 21.3. The van der Waals surface area contributed by atoms with Crippen LogP contribution in [0.2, 0.25) is 23.3 Å². The summed E-state index contributed by atoms with van der Waals surface area (Å²) in [6, 6.07) is 19.4. The molecule has 4 fully saturated rings. The van der Waals surface area contributed by atoms with Gasteiger partial charge < -0.3 is 24.8 Å². The summed E-state index contributed by atoms with van der Waals surface area (Å²) in [5.41, 5.74) is 6.68. The van der Waals surface area contributed by atoms with Crippen LogP contribution in [-0.2, 0) is 34.1 Å². The maximum atomic E-state index is 4.76. The molecular weight excluding hydrogens is 1020 g/mol. The number of alkyl halides is 4. The zero-order valence-electron chi connectivity index (χ0n) is 39.7. The van der Waals surface area contributed by atoms with E-state index in [0.717, 1.165) is 59.3 Å². The molecule has 4 aliphatic carbocycles. The van der Waals surface area contributed by atoms with E-state index in [1.807, 2.05) is 0 Å². The Hall–Kier alpha value is 2.21. The summed E-state index contributed by atoms with van der Waals surface area (Å²) in [4.78, 5) is 0. The number of rotatable bonds is 12. The zero-order chi connectivity index (χ0) is 42.5. The molecule has 0 aromatic heterocycles. The summed E-state index contributed by atoms with van der Waals surface area (Å²) in [6.07, 6.45) is 29.5. The van der Waals surface area contributed by atoms with Crippen molar-refractivity contribution in [1.29, 1.82) is 0 Å². The maximum absolute atomic E-state index is 4.76. The van der Waals surface area contributed by atoms with Gasteiger partial charge in [-0.3, -0.25) is 0 Å². The Balaban J connectivity index is 0. The van der Waals surface area contributed by atoms with Crippen molar-refractivity contribution < 1.29 is 59.0 Å². The first kappa shape index (κ1) is 66.3. The number of benzene rings is 2. The van der Waals surface area contributed by atoms with Crippen LogP contribution in [0, 0.1) is 0 Å². The predicted octanol–water partition coefficient (Wildman–Crippen LogP) is 10.8. The van der Waals surface area contributed by atoms with E-state index in [2.05, 4.69) is 104 Å². The standard InChI is InChI=1S/2C24H40BP.2CH2Cl2.2ClH.2Cu/c2*1-19(2)26(20(3)4)24-18-12-11-17-23(24)25(21-13-7-5-8-14-21)22-15-9-6-10-16-22;2*2-1-3;;;;/h2*11-12,17-22H,5-10,13-16H2,1-4H3;2*1H2;2*1H;;/q;;;;;;2*+1/p-2. The van der Waals surface area contributed by atoms with E-state index in [1.54, 1.807) is 21.5 Å². The van der Waals surface area contributed by atoms with E-state index in [-0.39, 0.29) is 85.5 Å². The topological polar surface area (TPSA) is 0 Å². The molecule has 0 N–H and O–H groups in total. The van der Waals surface area contributed by atoms with Crippen LogP contribution in [0.3, 0.4) is 0 Å². The average Bonchev–Trinajstić information content (AvgIpc) is 3.21. The summed E-state index contributed by atoms with van der Waals surface area (Å²) < 4.78 is 0. The van der Waals surface area contributed by atoms with Gasteiger partial charge in [-0.15, -0.1) is 46.4 Å². The van der Waals surface area contributed by atoms with Crippen molar-refractivity contribution in [2.75, 3.05) is 10.7 Å². The Morgan fingerprint density at radius 1 is 0.403 bits per heavy atom. The molecule has 2 aromatic carbocycles. The first-order chi connectivity index (χ1) is 28.0. The Morgan fingerprint density at radius 3 is 0.790 bits per heavy atom.